The van der Waals surface area contributed by atoms with E-state index in [-0.39, 0.29) is 29.3 Å². The molecule has 28 heavy (non-hydrogen) atoms. The van der Waals surface area contributed by atoms with Crippen molar-refractivity contribution < 1.29 is 14.4 Å². The minimum absolute atomic E-state index is 0.0766. The van der Waals surface area contributed by atoms with Crippen LogP contribution in [0.15, 0.2) is 48.8 Å². The molecule has 0 unspecified atom stereocenters. The number of nitrogens with two attached hydrogens (primary N) is 1. The van der Waals surface area contributed by atoms with E-state index >= 15 is 0 Å². The van der Waals surface area contributed by atoms with Crippen LogP contribution in [0.4, 0.5) is 5.69 Å². The summed E-state index contributed by atoms with van der Waals surface area (Å²) in [5.74, 6) is -1.73. The molecule has 2 aromatic rings. The second-order valence-electron chi connectivity index (χ2n) is 7.21. The molecule has 1 aromatic carbocycles. The largest absolute Gasteiger partial charge is 0.366 e. The molecule has 3 N–H and O–H groups in total. The molecular formula is C21H24N4O3. The average molecular weight is 380 g/mol. The van der Waals surface area contributed by atoms with E-state index < -0.39 is 17.7 Å². The van der Waals surface area contributed by atoms with Gasteiger partial charge in [-0.1, -0.05) is 37.3 Å². The monoisotopic (exact) mass is 380 g/mol. The number of primary amides is 1. The maximum absolute atomic E-state index is 13.1. The van der Waals surface area contributed by atoms with Gasteiger partial charge in [0.1, 0.15) is 0 Å². The number of hydrogen-bond acceptors (Lipinski definition) is 4. The highest BCUT2D eigenvalue weighted by Gasteiger charge is 2.38. The molecule has 0 saturated carbocycles. The molecule has 7 nitrogen and oxygen atoms in total. The summed E-state index contributed by atoms with van der Waals surface area (Å²) in [5, 5.41) is 2.54. The molecule has 0 aliphatic carbocycles. The van der Waals surface area contributed by atoms with E-state index in [9.17, 15) is 14.4 Å². The first-order chi connectivity index (χ1) is 13.4. The van der Waals surface area contributed by atoms with E-state index in [0.717, 1.165) is 18.4 Å². The van der Waals surface area contributed by atoms with Gasteiger partial charge < -0.3 is 16.0 Å². The zero-order valence-corrected chi connectivity index (χ0v) is 16.0. The van der Waals surface area contributed by atoms with Crippen molar-refractivity contribution in [2.75, 3.05) is 5.32 Å². The molecule has 2 heterocycles. The number of hydrogen-bond donors (Lipinski definition) is 2. The van der Waals surface area contributed by atoms with E-state index in [1.54, 1.807) is 4.90 Å². The van der Waals surface area contributed by atoms with Crippen molar-refractivity contribution >= 4 is 23.4 Å². The van der Waals surface area contributed by atoms with Crippen LogP contribution >= 0.6 is 0 Å². The van der Waals surface area contributed by atoms with Crippen LogP contribution < -0.4 is 11.1 Å². The number of pyridine rings is 1. The van der Waals surface area contributed by atoms with E-state index in [0.29, 0.717) is 0 Å². The third kappa shape index (κ3) is 4.03. The number of anilines is 1. The van der Waals surface area contributed by atoms with Gasteiger partial charge in [-0.2, -0.15) is 0 Å². The predicted octanol–water partition coefficient (Wildman–Crippen LogP) is 2.51. The van der Waals surface area contributed by atoms with Gasteiger partial charge in [0.15, 0.2) is 0 Å². The van der Waals surface area contributed by atoms with Crippen LogP contribution in [0.3, 0.4) is 0 Å². The second kappa shape index (κ2) is 8.21. The van der Waals surface area contributed by atoms with Crippen LogP contribution in [0.2, 0.25) is 0 Å². The highest BCUT2D eigenvalue weighted by atomic mass is 16.2. The lowest BCUT2D eigenvalue weighted by molar-refractivity contribution is -0.149. The molecule has 1 saturated heterocycles. The first-order valence-corrected chi connectivity index (χ1v) is 9.32. The van der Waals surface area contributed by atoms with Gasteiger partial charge in [0, 0.05) is 12.2 Å². The molecule has 1 aliphatic heterocycles. The fraction of sp³-hybridized carbons (Fsp3) is 0.333. The Morgan fingerprint density at radius 3 is 2.50 bits per heavy atom. The SMILES string of the molecule is C[C@@H]1CC[C@@H](c2ccccc2)N(C(=O)C(=O)Nc2cncc(C(N)=O)c2)[C@H]1C. The minimum Gasteiger partial charge on any atom is -0.366 e. The lowest BCUT2D eigenvalue weighted by atomic mass is 9.84. The molecule has 0 bridgehead atoms. The molecular weight excluding hydrogens is 356 g/mol. The van der Waals surface area contributed by atoms with Gasteiger partial charge >= 0.3 is 11.8 Å². The summed E-state index contributed by atoms with van der Waals surface area (Å²) in [5.41, 5.74) is 6.67. The Labute approximate surface area is 163 Å². The van der Waals surface area contributed by atoms with Gasteiger partial charge in [-0.15, -0.1) is 0 Å². The minimum atomic E-state index is -0.759. The molecule has 0 spiro atoms. The molecule has 3 rings (SSSR count). The Hall–Kier alpha value is -3.22. The molecule has 1 aliphatic rings. The van der Waals surface area contributed by atoms with E-state index in [2.05, 4.69) is 17.2 Å². The summed E-state index contributed by atoms with van der Waals surface area (Å²) in [6.45, 7) is 4.06. The zero-order chi connectivity index (χ0) is 20.3. The first-order valence-electron chi connectivity index (χ1n) is 9.32. The van der Waals surface area contributed by atoms with Crippen molar-refractivity contribution in [3.8, 4) is 0 Å². The van der Waals surface area contributed by atoms with Crippen molar-refractivity contribution in [2.45, 2.75) is 38.8 Å². The predicted molar refractivity (Wildman–Crippen MR) is 105 cm³/mol. The van der Waals surface area contributed by atoms with Gasteiger partial charge in [0.05, 0.1) is 23.5 Å². The normalized spacial score (nSPS) is 21.8. The van der Waals surface area contributed by atoms with Crippen molar-refractivity contribution in [3.05, 3.63) is 59.9 Å². The Morgan fingerprint density at radius 1 is 1.11 bits per heavy atom. The molecule has 7 heteroatoms. The summed E-state index contributed by atoms with van der Waals surface area (Å²) in [6.07, 6.45) is 4.46. The highest BCUT2D eigenvalue weighted by molar-refractivity contribution is 6.39. The number of amides is 3. The quantitative estimate of drug-likeness (QED) is 0.798. The third-order valence-electron chi connectivity index (χ3n) is 5.39. The smallest absolute Gasteiger partial charge is 0.313 e. The number of rotatable bonds is 3. The van der Waals surface area contributed by atoms with Crippen molar-refractivity contribution in [1.82, 2.24) is 9.88 Å². The topological polar surface area (TPSA) is 105 Å². The van der Waals surface area contributed by atoms with Crippen LogP contribution in [0.1, 0.15) is 48.7 Å². The zero-order valence-electron chi connectivity index (χ0n) is 16.0. The van der Waals surface area contributed by atoms with Crippen LogP contribution in [0.5, 0.6) is 0 Å². The number of piperidine rings is 1. The summed E-state index contributed by atoms with van der Waals surface area (Å²) in [4.78, 5) is 42.6. The Morgan fingerprint density at radius 2 is 1.82 bits per heavy atom. The number of carbonyl (C=O) groups is 3. The van der Waals surface area contributed by atoms with E-state index in [4.69, 9.17) is 5.73 Å². The number of benzene rings is 1. The van der Waals surface area contributed by atoms with Crippen LogP contribution in [0.25, 0.3) is 0 Å². The van der Waals surface area contributed by atoms with Gasteiger partial charge in [-0.3, -0.25) is 19.4 Å². The third-order valence-corrected chi connectivity index (χ3v) is 5.39. The summed E-state index contributed by atoms with van der Waals surface area (Å²) in [7, 11) is 0. The number of carbonyl (C=O) groups excluding carboxylic acids is 3. The maximum Gasteiger partial charge on any atom is 0.313 e. The van der Waals surface area contributed by atoms with Crippen molar-refractivity contribution in [3.63, 3.8) is 0 Å². The van der Waals surface area contributed by atoms with Gasteiger partial charge in [0.2, 0.25) is 5.91 Å². The number of likely N-dealkylation sites (tertiary alicyclic amines) is 1. The lowest BCUT2D eigenvalue weighted by Crippen LogP contribution is -2.51. The van der Waals surface area contributed by atoms with E-state index in [1.165, 1.54) is 18.5 Å². The van der Waals surface area contributed by atoms with Crippen LogP contribution in [0, 0.1) is 5.92 Å². The maximum atomic E-state index is 13.1. The van der Waals surface area contributed by atoms with Crippen LogP contribution in [-0.2, 0) is 9.59 Å². The standard InChI is InChI=1S/C21H24N4O3/c1-13-8-9-18(15-6-4-3-5-7-15)25(14(13)2)21(28)20(27)24-17-10-16(19(22)26)11-23-12-17/h3-7,10-14,18H,8-9H2,1-2H3,(H2,22,26)(H,24,27)/t13-,14+,18+/m1/s1. The van der Waals surface area contributed by atoms with Gasteiger partial charge in [-0.05, 0) is 37.3 Å². The average Bonchev–Trinajstić information content (AvgIpc) is 2.70. The molecule has 1 aromatic heterocycles. The number of nitrogens with one attached hydrogen (secondary N) is 1. The Balaban J connectivity index is 1.83. The fourth-order valence-corrected chi connectivity index (χ4v) is 3.63. The fourth-order valence-electron chi connectivity index (χ4n) is 3.63. The Kier molecular flexibility index (Phi) is 5.73. The van der Waals surface area contributed by atoms with E-state index in [1.807, 2.05) is 37.3 Å². The Bertz CT molecular complexity index is 884. The van der Waals surface area contributed by atoms with Crippen molar-refractivity contribution in [2.24, 2.45) is 11.7 Å². The van der Waals surface area contributed by atoms with Crippen LogP contribution in [-0.4, -0.2) is 33.6 Å². The molecule has 146 valence electrons. The number of nitrogens with zero attached hydrogens (tertiary/aromatic N) is 2. The molecule has 0 radical (unpaired) electrons. The molecule has 3 atom stereocenters. The molecule has 3 amide bonds. The molecule has 1 fully saturated rings. The summed E-state index contributed by atoms with van der Waals surface area (Å²) >= 11 is 0. The second-order valence-corrected chi connectivity index (χ2v) is 7.21. The first kappa shape index (κ1) is 19.5. The summed E-state index contributed by atoms with van der Waals surface area (Å²) in [6, 6.07) is 10.9. The van der Waals surface area contributed by atoms with Gasteiger partial charge in [0.25, 0.3) is 0 Å². The number of aromatic nitrogens is 1. The van der Waals surface area contributed by atoms with Crippen molar-refractivity contribution in [1.29, 1.82) is 0 Å². The highest BCUT2D eigenvalue weighted by Crippen LogP contribution is 2.37. The summed E-state index contributed by atoms with van der Waals surface area (Å²) < 4.78 is 0. The van der Waals surface area contributed by atoms with Gasteiger partial charge in [-0.25, -0.2) is 0 Å². The lowest BCUT2D eigenvalue weighted by Gasteiger charge is -2.44.